The molecule has 57 heavy (non-hydrogen) atoms. The maximum absolute atomic E-state index is 15.6. The second-order valence-electron chi connectivity index (χ2n) is 14.6. The quantitative estimate of drug-likeness (QED) is 0.0924. The van der Waals surface area contributed by atoms with Crippen LogP contribution in [0.5, 0.6) is 11.8 Å². The number of hydrogen-bond acceptors (Lipinski definition) is 12. The van der Waals surface area contributed by atoms with Gasteiger partial charge in [-0.1, -0.05) is 49.4 Å². The van der Waals surface area contributed by atoms with Gasteiger partial charge in [0.25, 0.3) is 0 Å². The molecule has 12 nitrogen and oxygen atoms in total. The lowest BCUT2D eigenvalue weighted by molar-refractivity contribution is -0.137. The monoisotopic (exact) mass is 801 g/mol. The minimum Gasteiger partial charge on any atom is -0.486 e. The second-order valence-corrected chi connectivity index (χ2v) is 15.7. The van der Waals surface area contributed by atoms with Crippen LogP contribution in [0.3, 0.4) is 0 Å². The van der Waals surface area contributed by atoms with Gasteiger partial charge in [0.2, 0.25) is 0 Å². The minimum atomic E-state index is -4.95. The zero-order chi connectivity index (χ0) is 40.2. The summed E-state index contributed by atoms with van der Waals surface area (Å²) in [6, 6.07) is 12.7. The number of rotatable bonds is 12. The van der Waals surface area contributed by atoms with Crippen LogP contribution in [0.4, 0.5) is 28.4 Å². The molecule has 0 radical (unpaired) electrons. The van der Waals surface area contributed by atoms with Gasteiger partial charge in [0.1, 0.15) is 47.1 Å². The Balaban J connectivity index is 1.32. The number of benzene rings is 3. The number of halogens is 4. The van der Waals surface area contributed by atoms with E-state index in [2.05, 4.69) is 46.4 Å². The average Bonchev–Trinajstić information content (AvgIpc) is 4.01. The molecule has 2 aliphatic rings. The molecule has 3 aromatic heterocycles. The van der Waals surface area contributed by atoms with Crippen molar-refractivity contribution in [2.75, 3.05) is 44.0 Å². The lowest BCUT2D eigenvalue weighted by atomic mass is 9.92. The number of thiophene rings is 1. The number of hydrogen-bond donors (Lipinski definition) is 2. The normalized spacial score (nSPS) is 17.2. The Morgan fingerprint density at radius 3 is 2.54 bits per heavy atom. The van der Waals surface area contributed by atoms with Gasteiger partial charge < -0.3 is 30.2 Å². The smallest absolute Gasteiger partial charge is 0.417 e. The highest BCUT2D eigenvalue weighted by Gasteiger charge is 2.42. The van der Waals surface area contributed by atoms with Crippen molar-refractivity contribution in [3.8, 4) is 40.2 Å². The van der Waals surface area contributed by atoms with Crippen molar-refractivity contribution in [2.45, 2.75) is 58.1 Å². The molecule has 3 N–H and O–H groups in total. The average molecular weight is 802 g/mol. The number of nitrogens with zero attached hydrogens (tertiary/aromatic N) is 7. The summed E-state index contributed by atoms with van der Waals surface area (Å²) >= 11 is 0.792. The zero-order valence-corrected chi connectivity index (χ0v) is 32.3. The first-order valence-corrected chi connectivity index (χ1v) is 19.3. The summed E-state index contributed by atoms with van der Waals surface area (Å²) in [6.07, 6.45) is -2.27. The molecule has 296 valence electrons. The largest absolute Gasteiger partial charge is 0.486 e. The SMILES string of the molecule is COCCOc1nc(N2CC3CC2CN3)c2cc(C(F)(F)F)c(-c3ccc(F)c4sc(N)c(C#N)c34)c(OCc3ccc(-c4cn(C(C)C(C)C)nn4)cc3)c2n1. The molecule has 8 rings (SSSR count). The molecule has 6 aromatic rings. The molecule has 0 saturated carbocycles. The van der Waals surface area contributed by atoms with Crippen molar-refractivity contribution in [3.05, 3.63) is 71.2 Å². The van der Waals surface area contributed by atoms with Gasteiger partial charge in [0.05, 0.1) is 34.7 Å². The molecule has 0 aliphatic carbocycles. The number of ether oxygens (including phenoxy) is 3. The molecule has 2 aliphatic heterocycles. The minimum absolute atomic E-state index is 0.0179. The number of aromatic nitrogens is 5. The standard InChI is InChI=1S/C40H39F4N9O3S/c1-20(2)21(3)53-18-31(50-51-53)23-7-5-22(6-8-23)19-56-35-33(26-9-10-30(41)36-32(26)28(15-45)37(46)57-36)29(40(42,43)44)14-27-34(35)48-39(55-12-11-54-4)49-38(27)52-17-24-13-25(52)16-47-24/h5-10,14,18,20-21,24-25,47H,11-13,16-17,19,46H2,1-4H3. The first-order valence-electron chi connectivity index (χ1n) is 18.5. The lowest BCUT2D eigenvalue weighted by Crippen LogP contribution is -2.44. The highest BCUT2D eigenvalue weighted by Crippen LogP contribution is 2.52. The van der Waals surface area contributed by atoms with Crippen molar-refractivity contribution >= 4 is 43.1 Å². The fourth-order valence-corrected chi connectivity index (χ4v) is 8.45. The first kappa shape index (κ1) is 38.3. The maximum atomic E-state index is 15.6. The van der Waals surface area contributed by atoms with Crippen LogP contribution in [0, 0.1) is 23.1 Å². The van der Waals surface area contributed by atoms with Gasteiger partial charge in [0, 0.05) is 54.2 Å². The molecule has 2 saturated heterocycles. The van der Waals surface area contributed by atoms with Crippen molar-refractivity contribution in [1.29, 1.82) is 5.26 Å². The summed E-state index contributed by atoms with van der Waals surface area (Å²) in [5, 5.41) is 22.2. The molecule has 0 spiro atoms. The third-order valence-electron chi connectivity index (χ3n) is 10.8. The van der Waals surface area contributed by atoms with Gasteiger partial charge in [-0.25, -0.2) is 9.07 Å². The van der Waals surface area contributed by atoms with Gasteiger partial charge in [-0.15, -0.1) is 16.4 Å². The third kappa shape index (κ3) is 7.06. The number of nitrogen functional groups attached to an aromatic ring is 1. The zero-order valence-electron chi connectivity index (χ0n) is 31.5. The molecular formula is C40H39F4N9O3S. The van der Waals surface area contributed by atoms with Crippen LogP contribution in [0.15, 0.2) is 48.7 Å². The van der Waals surface area contributed by atoms with Crippen LogP contribution in [0.2, 0.25) is 0 Å². The summed E-state index contributed by atoms with van der Waals surface area (Å²) in [5.74, 6) is -0.339. The lowest BCUT2D eigenvalue weighted by Gasteiger charge is -2.30. The Bertz CT molecular complexity index is 2520. The van der Waals surface area contributed by atoms with E-state index in [1.54, 1.807) is 12.1 Å². The number of nitrogens with two attached hydrogens (primary N) is 1. The van der Waals surface area contributed by atoms with Crippen LogP contribution in [-0.4, -0.2) is 70.5 Å². The van der Waals surface area contributed by atoms with E-state index in [4.69, 9.17) is 19.9 Å². The molecule has 17 heteroatoms. The Morgan fingerprint density at radius 2 is 1.88 bits per heavy atom. The van der Waals surface area contributed by atoms with Crippen LogP contribution in [0.1, 0.15) is 49.9 Å². The van der Waals surface area contributed by atoms with Crippen molar-refractivity contribution in [3.63, 3.8) is 0 Å². The van der Waals surface area contributed by atoms with E-state index >= 15 is 17.6 Å². The second kappa shape index (κ2) is 15.1. The summed E-state index contributed by atoms with van der Waals surface area (Å²) in [4.78, 5) is 11.4. The van der Waals surface area contributed by atoms with Gasteiger partial charge in [-0.2, -0.15) is 28.4 Å². The van der Waals surface area contributed by atoms with E-state index in [0.29, 0.717) is 30.3 Å². The predicted molar refractivity (Wildman–Crippen MR) is 209 cm³/mol. The predicted octanol–water partition coefficient (Wildman–Crippen LogP) is 7.75. The van der Waals surface area contributed by atoms with E-state index in [-0.39, 0.29) is 92.6 Å². The number of alkyl halides is 3. The highest BCUT2D eigenvalue weighted by molar-refractivity contribution is 7.23. The first-order chi connectivity index (χ1) is 27.4. The summed E-state index contributed by atoms with van der Waals surface area (Å²) < 4.78 is 81.4. The molecule has 2 fully saturated rings. The van der Waals surface area contributed by atoms with E-state index in [1.807, 2.05) is 34.0 Å². The Morgan fingerprint density at radius 1 is 1.09 bits per heavy atom. The molecule has 3 unspecified atom stereocenters. The topological polar surface area (TPSA) is 149 Å². The van der Waals surface area contributed by atoms with E-state index < -0.39 is 23.1 Å². The Kier molecular flexibility index (Phi) is 10.1. The summed E-state index contributed by atoms with van der Waals surface area (Å²) in [7, 11) is 1.51. The van der Waals surface area contributed by atoms with Gasteiger partial charge >= 0.3 is 12.2 Å². The molecule has 0 amide bonds. The number of nitrogens with one attached hydrogen (secondary N) is 1. The van der Waals surface area contributed by atoms with Gasteiger partial charge in [-0.05, 0) is 42.5 Å². The summed E-state index contributed by atoms with van der Waals surface area (Å²) in [6.45, 7) is 7.53. The fourth-order valence-electron chi connectivity index (χ4n) is 7.50. The van der Waals surface area contributed by atoms with E-state index in [9.17, 15) is 5.26 Å². The van der Waals surface area contributed by atoms with Gasteiger partial charge in [-0.3, -0.25) is 0 Å². The molecular weight excluding hydrogens is 763 g/mol. The highest BCUT2D eigenvalue weighted by atomic mass is 32.1. The molecule has 2 bridgehead atoms. The van der Waals surface area contributed by atoms with Crippen molar-refractivity contribution < 1.29 is 31.8 Å². The molecule has 3 atom stereocenters. The van der Waals surface area contributed by atoms with Gasteiger partial charge in [0.15, 0.2) is 5.75 Å². The van der Waals surface area contributed by atoms with Crippen LogP contribution in [0.25, 0.3) is 43.4 Å². The van der Waals surface area contributed by atoms with E-state index in [0.717, 1.165) is 35.5 Å². The Labute approximate surface area is 329 Å². The van der Waals surface area contributed by atoms with E-state index in [1.165, 1.54) is 13.2 Å². The fraction of sp³-hybridized carbons (Fsp3) is 0.375. The Hall–Kier alpha value is -5.57. The van der Waals surface area contributed by atoms with Crippen molar-refractivity contribution in [1.82, 2.24) is 30.3 Å². The number of methoxy groups -OCH3 is 1. The number of anilines is 2. The number of piperazine rings is 1. The van der Waals surface area contributed by atoms with Crippen LogP contribution in [-0.2, 0) is 17.5 Å². The molecule has 3 aromatic carbocycles. The molecule has 5 heterocycles. The third-order valence-corrected chi connectivity index (χ3v) is 11.8. The van der Waals surface area contributed by atoms with Crippen LogP contribution >= 0.6 is 11.3 Å². The maximum Gasteiger partial charge on any atom is 0.417 e. The van der Waals surface area contributed by atoms with Crippen molar-refractivity contribution in [2.24, 2.45) is 5.92 Å². The summed E-state index contributed by atoms with van der Waals surface area (Å²) in [5.41, 5.74) is 6.60. The number of nitriles is 1. The number of fused-ring (bicyclic) bond motifs is 4. The van der Waals surface area contributed by atoms with Crippen LogP contribution < -0.4 is 25.4 Å².